The standard InChI is InChI=1S/C19H21FN6O2/c1-11-9-28-19-16(24-3-2-5-25-6-4-23-10-25)14(20)15(22)13-17(19)26(11)8-12(7-21)18(13)27/h4,6,8,10-11,13,15,24H,2-3,5,9,22H2,1H3. The van der Waals surface area contributed by atoms with Crippen LogP contribution in [0, 0.1) is 17.2 Å². The number of carbonyl (C=O) groups excluding carboxylic acids is 1. The molecule has 0 radical (unpaired) electrons. The Bertz CT molecular complexity index is 927. The number of hydrogen-bond acceptors (Lipinski definition) is 7. The summed E-state index contributed by atoms with van der Waals surface area (Å²) < 4.78 is 22.9. The van der Waals surface area contributed by atoms with Crippen molar-refractivity contribution in [3.05, 3.63) is 53.5 Å². The van der Waals surface area contributed by atoms with Gasteiger partial charge in [0, 0.05) is 31.7 Å². The van der Waals surface area contributed by atoms with Crippen molar-refractivity contribution in [3.63, 3.8) is 0 Å². The van der Waals surface area contributed by atoms with E-state index in [0.29, 0.717) is 24.6 Å². The molecule has 0 amide bonds. The van der Waals surface area contributed by atoms with Gasteiger partial charge in [-0.2, -0.15) is 5.26 Å². The molecule has 3 atom stereocenters. The number of Topliss-reactive ketones (excluding diaryl/α,β-unsaturated/α-hetero) is 1. The lowest BCUT2D eigenvalue weighted by Crippen LogP contribution is -2.53. The van der Waals surface area contributed by atoms with Gasteiger partial charge in [0.25, 0.3) is 0 Å². The Labute approximate surface area is 161 Å². The molecular weight excluding hydrogens is 363 g/mol. The summed E-state index contributed by atoms with van der Waals surface area (Å²) in [4.78, 5) is 18.5. The number of hydrogen-bond donors (Lipinski definition) is 2. The maximum Gasteiger partial charge on any atom is 0.185 e. The number of aryl methyl sites for hydroxylation is 1. The third kappa shape index (κ3) is 2.86. The highest BCUT2D eigenvalue weighted by Gasteiger charge is 2.49. The van der Waals surface area contributed by atoms with E-state index in [9.17, 15) is 10.1 Å². The summed E-state index contributed by atoms with van der Waals surface area (Å²) in [5.74, 6) is -1.72. The monoisotopic (exact) mass is 384 g/mol. The Morgan fingerprint density at radius 3 is 3.07 bits per heavy atom. The molecule has 0 saturated heterocycles. The van der Waals surface area contributed by atoms with E-state index < -0.39 is 23.6 Å². The van der Waals surface area contributed by atoms with Crippen LogP contribution in [0.1, 0.15) is 13.3 Å². The minimum atomic E-state index is -1.16. The summed E-state index contributed by atoms with van der Waals surface area (Å²) in [6.07, 6.45) is 7.56. The summed E-state index contributed by atoms with van der Waals surface area (Å²) in [5, 5.41) is 12.4. The Balaban J connectivity index is 1.62. The second-order valence-electron chi connectivity index (χ2n) is 7.11. The molecular formula is C19H21FN6O2. The number of carbonyl (C=O) groups is 1. The highest BCUT2D eigenvalue weighted by molar-refractivity contribution is 6.04. The number of aromatic nitrogens is 2. The maximum absolute atomic E-state index is 15.1. The normalized spacial score (nSPS) is 26.5. The number of imidazole rings is 1. The fourth-order valence-electron chi connectivity index (χ4n) is 3.80. The van der Waals surface area contributed by atoms with Gasteiger partial charge in [-0.15, -0.1) is 0 Å². The summed E-state index contributed by atoms with van der Waals surface area (Å²) in [7, 11) is 0. The van der Waals surface area contributed by atoms with E-state index in [4.69, 9.17) is 10.5 Å². The topological polar surface area (TPSA) is 109 Å². The molecule has 1 aliphatic carbocycles. The van der Waals surface area contributed by atoms with Crippen LogP contribution >= 0.6 is 0 Å². The fourth-order valence-corrected chi connectivity index (χ4v) is 3.80. The van der Waals surface area contributed by atoms with Crippen LogP contribution in [0.2, 0.25) is 0 Å². The molecule has 9 heteroatoms. The van der Waals surface area contributed by atoms with Crippen LogP contribution in [0.5, 0.6) is 0 Å². The van der Waals surface area contributed by atoms with Crippen LogP contribution in [-0.4, -0.2) is 45.5 Å². The Hall–Kier alpha value is -3.12. The van der Waals surface area contributed by atoms with Crippen molar-refractivity contribution in [2.45, 2.75) is 32.0 Å². The van der Waals surface area contributed by atoms with E-state index >= 15 is 4.39 Å². The Morgan fingerprint density at radius 2 is 2.36 bits per heavy atom. The van der Waals surface area contributed by atoms with Crippen LogP contribution in [0.4, 0.5) is 4.39 Å². The van der Waals surface area contributed by atoms with Crippen LogP contribution in [0.25, 0.3) is 0 Å². The zero-order valence-corrected chi connectivity index (χ0v) is 15.4. The summed E-state index contributed by atoms with van der Waals surface area (Å²) >= 11 is 0. The van der Waals surface area contributed by atoms with E-state index in [0.717, 1.165) is 13.0 Å². The van der Waals surface area contributed by atoms with Crippen molar-refractivity contribution in [3.8, 4) is 6.07 Å². The van der Waals surface area contributed by atoms with Crippen molar-refractivity contribution in [1.29, 1.82) is 5.26 Å². The molecule has 1 aromatic rings. The second kappa shape index (κ2) is 7.13. The molecule has 28 heavy (non-hydrogen) atoms. The van der Waals surface area contributed by atoms with Gasteiger partial charge in [-0.25, -0.2) is 9.37 Å². The van der Waals surface area contributed by atoms with Crippen molar-refractivity contribution in [2.75, 3.05) is 13.2 Å². The molecule has 0 fully saturated rings. The molecule has 0 spiro atoms. The Kier molecular flexibility index (Phi) is 4.65. The van der Waals surface area contributed by atoms with Crippen molar-refractivity contribution in [1.82, 2.24) is 19.8 Å². The number of halogens is 1. The quantitative estimate of drug-likeness (QED) is 0.727. The first kappa shape index (κ1) is 18.3. The summed E-state index contributed by atoms with van der Waals surface area (Å²) in [6, 6.07) is 0.656. The third-order valence-electron chi connectivity index (χ3n) is 5.26. The van der Waals surface area contributed by atoms with Crippen LogP contribution < -0.4 is 11.1 Å². The number of rotatable bonds is 5. The highest BCUT2D eigenvalue weighted by Crippen LogP contribution is 2.43. The number of nitrogens with two attached hydrogens (primary N) is 1. The lowest BCUT2D eigenvalue weighted by molar-refractivity contribution is -0.120. The summed E-state index contributed by atoms with van der Waals surface area (Å²) in [5.41, 5.74) is 6.82. The van der Waals surface area contributed by atoms with Gasteiger partial charge >= 0.3 is 0 Å². The molecule has 4 rings (SSSR count). The van der Waals surface area contributed by atoms with E-state index in [2.05, 4.69) is 10.3 Å². The summed E-state index contributed by atoms with van der Waals surface area (Å²) in [6.45, 7) is 3.47. The van der Waals surface area contributed by atoms with Crippen molar-refractivity contribution in [2.24, 2.45) is 11.7 Å². The largest absolute Gasteiger partial charge is 0.487 e. The maximum atomic E-state index is 15.1. The third-order valence-corrected chi connectivity index (χ3v) is 5.26. The van der Waals surface area contributed by atoms with Gasteiger partial charge in [-0.05, 0) is 13.3 Å². The van der Waals surface area contributed by atoms with Gasteiger partial charge in [0.2, 0.25) is 0 Å². The molecule has 0 saturated carbocycles. The minimum absolute atomic E-state index is 0.0122. The minimum Gasteiger partial charge on any atom is -0.487 e. The first-order valence-electron chi connectivity index (χ1n) is 9.19. The number of allylic oxidation sites excluding steroid dienone is 1. The number of ketones is 1. The van der Waals surface area contributed by atoms with E-state index in [1.54, 1.807) is 12.5 Å². The van der Waals surface area contributed by atoms with Crippen LogP contribution in [0.15, 0.2) is 53.5 Å². The fraction of sp³-hybridized carbons (Fsp3) is 0.421. The van der Waals surface area contributed by atoms with E-state index in [1.165, 1.54) is 6.20 Å². The first-order valence-corrected chi connectivity index (χ1v) is 9.19. The number of nitrogens with one attached hydrogen (secondary N) is 1. The number of ether oxygens (including phenoxy) is 1. The molecule has 146 valence electrons. The lowest BCUT2D eigenvalue weighted by atomic mass is 9.79. The average molecular weight is 384 g/mol. The predicted molar refractivity (Wildman–Crippen MR) is 97.4 cm³/mol. The van der Waals surface area contributed by atoms with Crippen LogP contribution in [0.3, 0.4) is 0 Å². The Morgan fingerprint density at radius 1 is 1.54 bits per heavy atom. The molecule has 0 aromatic carbocycles. The second-order valence-corrected chi connectivity index (χ2v) is 7.11. The lowest BCUT2D eigenvalue weighted by Gasteiger charge is -2.45. The van der Waals surface area contributed by atoms with Crippen LogP contribution in [-0.2, 0) is 16.1 Å². The average Bonchev–Trinajstić information content (AvgIpc) is 3.20. The predicted octanol–water partition coefficient (Wildman–Crippen LogP) is 0.923. The van der Waals surface area contributed by atoms with E-state index in [1.807, 2.05) is 28.7 Å². The molecule has 3 N–H and O–H groups in total. The molecule has 1 aromatic heterocycles. The van der Waals surface area contributed by atoms with Crippen molar-refractivity contribution >= 4 is 5.78 Å². The van der Waals surface area contributed by atoms with Gasteiger partial charge in [-0.3, -0.25) is 4.79 Å². The molecule has 2 aliphatic heterocycles. The molecule has 8 nitrogen and oxygen atoms in total. The first-order chi connectivity index (χ1) is 13.5. The van der Waals surface area contributed by atoms with E-state index in [-0.39, 0.29) is 17.3 Å². The number of nitrogens with zero attached hydrogens (tertiary/aromatic N) is 4. The molecule has 3 aliphatic rings. The molecule has 0 bridgehead atoms. The molecule has 3 unspecified atom stereocenters. The number of nitriles is 1. The van der Waals surface area contributed by atoms with Gasteiger partial charge in [-0.1, -0.05) is 0 Å². The molecule has 3 heterocycles. The zero-order valence-electron chi connectivity index (χ0n) is 15.4. The highest BCUT2D eigenvalue weighted by atomic mass is 19.1. The van der Waals surface area contributed by atoms with Gasteiger partial charge in [0.1, 0.15) is 29.8 Å². The van der Waals surface area contributed by atoms with Gasteiger partial charge < -0.3 is 25.3 Å². The van der Waals surface area contributed by atoms with Crippen molar-refractivity contribution < 1.29 is 13.9 Å². The van der Waals surface area contributed by atoms with Gasteiger partial charge in [0.15, 0.2) is 11.5 Å². The smallest absolute Gasteiger partial charge is 0.185 e. The van der Waals surface area contributed by atoms with Gasteiger partial charge in [0.05, 0.1) is 30.0 Å². The zero-order chi connectivity index (χ0) is 19.8. The SMILES string of the molecule is CC1COC2=C3C(C(=O)C(C#N)=CN31)C(N)C(F)=C2NCCCn1ccnc1.